The third-order valence-corrected chi connectivity index (χ3v) is 7.81. The molecule has 0 unspecified atom stereocenters. The minimum Gasteiger partial charge on any atom is -0.322 e. The van der Waals surface area contributed by atoms with Gasteiger partial charge in [-0.2, -0.15) is 0 Å². The summed E-state index contributed by atoms with van der Waals surface area (Å²) in [7, 11) is -0.681. The van der Waals surface area contributed by atoms with E-state index in [1.165, 1.54) is 49.3 Å². The topological polar surface area (TPSA) is 92.3 Å². The molecule has 2 heterocycles. The fourth-order valence-electron chi connectivity index (χ4n) is 2.76. The number of aryl methyl sites for hydroxylation is 2. The van der Waals surface area contributed by atoms with Crippen LogP contribution in [0.15, 0.2) is 45.6 Å². The molecule has 7 nitrogen and oxygen atoms in total. The van der Waals surface area contributed by atoms with Crippen LogP contribution in [0.25, 0.3) is 10.7 Å². The van der Waals surface area contributed by atoms with Crippen LogP contribution >= 0.6 is 23.1 Å². The van der Waals surface area contributed by atoms with Gasteiger partial charge in [-0.3, -0.25) is 4.79 Å². The Morgan fingerprint density at radius 2 is 1.90 bits per heavy atom. The first kappa shape index (κ1) is 22.4. The first-order valence-electron chi connectivity index (χ1n) is 8.96. The molecule has 30 heavy (non-hydrogen) atoms. The zero-order valence-corrected chi connectivity index (χ0v) is 19.7. The number of hydrogen-bond acceptors (Lipinski definition) is 7. The SMILES string of the molecule is CSc1nc(-c2cccs2)nc(C)c1C(=O)Nc1cc(S(=O)(=O)N(C)C)ccc1C. The van der Waals surface area contributed by atoms with Gasteiger partial charge in [-0.15, -0.1) is 23.1 Å². The number of carbonyl (C=O) groups is 1. The van der Waals surface area contributed by atoms with E-state index in [0.717, 1.165) is 14.7 Å². The second kappa shape index (κ2) is 8.84. The number of thioether (sulfide) groups is 1. The normalized spacial score (nSPS) is 11.7. The van der Waals surface area contributed by atoms with Crippen molar-refractivity contribution in [2.45, 2.75) is 23.8 Å². The molecule has 1 aromatic carbocycles. The van der Waals surface area contributed by atoms with Gasteiger partial charge in [0.2, 0.25) is 10.0 Å². The quantitative estimate of drug-likeness (QED) is 0.439. The fraction of sp³-hybridized carbons (Fsp3) is 0.250. The molecular weight excluding hydrogens is 440 g/mol. The van der Waals surface area contributed by atoms with E-state index in [0.29, 0.717) is 27.8 Å². The number of carbonyl (C=O) groups excluding carboxylic acids is 1. The standard InChI is InChI=1S/C20H22N4O3S3/c1-12-8-9-14(30(26,27)24(3)4)11-15(12)22-19(25)17-13(2)21-18(23-20(17)28-5)16-7-6-10-29-16/h6-11H,1-5H3,(H,22,25). The van der Waals surface area contributed by atoms with Crippen LogP contribution in [-0.4, -0.2) is 48.9 Å². The molecule has 3 rings (SSSR count). The Hall–Kier alpha value is -2.27. The molecule has 0 saturated carbocycles. The van der Waals surface area contributed by atoms with Gasteiger partial charge in [0, 0.05) is 19.8 Å². The minimum absolute atomic E-state index is 0.111. The van der Waals surface area contributed by atoms with Crippen molar-refractivity contribution in [2.24, 2.45) is 0 Å². The number of sulfonamides is 1. The van der Waals surface area contributed by atoms with Crippen molar-refractivity contribution in [1.29, 1.82) is 0 Å². The Morgan fingerprint density at radius 3 is 2.50 bits per heavy atom. The molecule has 0 aliphatic heterocycles. The maximum Gasteiger partial charge on any atom is 0.260 e. The maximum absolute atomic E-state index is 13.1. The van der Waals surface area contributed by atoms with Crippen LogP contribution in [0.3, 0.4) is 0 Å². The summed E-state index contributed by atoms with van der Waals surface area (Å²) < 4.78 is 26.0. The van der Waals surface area contributed by atoms with Gasteiger partial charge in [0.1, 0.15) is 5.03 Å². The van der Waals surface area contributed by atoms with Crippen LogP contribution in [0.1, 0.15) is 21.6 Å². The summed E-state index contributed by atoms with van der Waals surface area (Å²) in [6.45, 7) is 3.58. The van der Waals surface area contributed by atoms with Gasteiger partial charge in [-0.05, 0) is 49.2 Å². The van der Waals surface area contributed by atoms with E-state index in [1.807, 2.05) is 23.8 Å². The van der Waals surface area contributed by atoms with E-state index >= 15 is 0 Å². The Bertz CT molecular complexity index is 1190. The molecule has 10 heteroatoms. The van der Waals surface area contributed by atoms with Crippen LogP contribution in [0.2, 0.25) is 0 Å². The molecule has 0 aliphatic rings. The highest BCUT2D eigenvalue weighted by molar-refractivity contribution is 7.98. The van der Waals surface area contributed by atoms with Gasteiger partial charge in [0.25, 0.3) is 5.91 Å². The van der Waals surface area contributed by atoms with Crippen LogP contribution in [0.5, 0.6) is 0 Å². The van der Waals surface area contributed by atoms with Crippen LogP contribution in [0, 0.1) is 13.8 Å². The van der Waals surface area contributed by atoms with E-state index < -0.39 is 10.0 Å². The van der Waals surface area contributed by atoms with Gasteiger partial charge in [0.05, 0.1) is 21.0 Å². The molecule has 1 N–H and O–H groups in total. The van der Waals surface area contributed by atoms with E-state index in [2.05, 4.69) is 15.3 Å². The molecule has 158 valence electrons. The molecule has 1 amide bonds. The van der Waals surface area contributed by atoms with Gasteiger partial charge in [-0.1, -0.05) is 12.1 Å². The number of nitrogens with one attached hydrogen (secondary N) is 1. The highest BCUT2D eigenvalue weighted by Crippen LogP contribution is 2.29. The van der Waals surface area contributed by atoms with Crippen molar-refractivity contribution in [3.05, 3.63) is 52.5 Å². The van der Waals surface area contributed by atoms with Crippen molar-refractivity contribution < 1.29 is 13.2 Å². The molecule has 0 fully saturated rings. The molecule has 0 saturated heterocycles. The minimum atomic E-state index is -3.61. The molecule has 0 atom stereocenters. The number of thiophene rings is 1. The van der Waals surface area contributed by atoms with Crippen molar-refractivity contribution >= 4 is 44.7 Å². The highest BCUT2D eigenvalue weighted by atomic mass is 32.2. The van der Waals surface area contributed by atoms with E-state index in [-0.39, 0.29) is 10.8 Å². The summed E-state index contributed by atoms with van der Waals surface area (Å²) in [6.07, 6.45) is 1.85. The van der Waals surface area contributed by atoms with E-state index in [9.17, 15) is 13.2 Å². The number of aromatic nitrogens is 2. The van der Waals surface area contributed by atoms with Crippen molar-refractivity contribution in [3.63, 3.8) is 0 Å². The summed E-state index contributed by atoms with van der Waals surface area (Å²) in [4.78, 5) is 23.2. The summed E-state index contributed by atoms with van der Waals surface area (Å²) in [5, 5.41) is 5.35. The lowest BCUT2D eigenvalue weighted by molar-refractivity contribution is 0.102. The molecular formula is C20H22N4O3S3. The lowest BCUT2D eigenvalue weighted by Gasteiger charge is -2.16. The highest BCUT2D eigenvalue weighted by Gasteiger charge is 2.22. The number of amides is 1. The molecule has 3 aromatic rings. The Balaban J connectivity index is 1.99. The smallest absolute Gasteiger partial charge is 0.260 e. The number of rotatable bonds is 6. The summed E-state index contributed by atoms with van der Waals surface area (Å²) in [6, 6.07) is 8.53. The van der Waals surface area contributed by atoms with E-state index in [1.54, 1.807) is 19.9 Å². The van der Waals surface area contributed by atoms with Crippen LogP contribution in [-0.2, 0) is 10.0 Å². The summed E-state index contributed by atoms with van der Waals surface area (Å²) >= 11 is 2.90. The maximum atomic E-state index is 13.1. The van der Waals surface area contributed by atoms with Crippen LogP contribution < -0.4 is 5.32 Å². The van der Waals surface area contributed by atoms with Gasteiger partial charge in [-0.25, -0.2) is 22.7 Å². The first-order valence-corrected chi connectivity index (χ1v) is 12.5. The lowest BCUT2D eigenvalue weighted by atomic mass is 10.1. The second-order valence-electron chi connectivity index (χ2n) is 6.71. The van der Waals surface area contributed by atoms with Crippen molar-refractivity contribution in [2.75, 3.05) is 25.7 Å². The average Bonchev–Trinajstić information content (AvgIpc) is 3.23. The number of hydrogen-bond donors (Lipinski definition) is 1. The third kappa shape index (κ3) is 4.41. The van der Waals surface area contributed by atoms with Gasteiger partial charge in [0.15, 0.2) is 5.82 Å². The summed E-state index contributed by atoms with van der Waals surface area (Å²) in [5.41, 5.74) is 2.12. The van der Waals surface area contributed by atoms with Crippen molar-refractivity contribution in [3.8, 4) is 10.7 Å². The third-order valence-electron chi connectivity index (χ3n) is 4.45. The molecule has 0 bridgehead atoms. The Kier molecular flexibility index (Phi) is 6.61. The summed E-state index contributed by atoms with van der Waals surface area (Å²) in [5.74, 6) is 0.204. The Morgan fingerprint density at radius 1 is 1.17 bits per heavy atom. The number of anilines is 1. The van der Waals surface area contributed by atoms with E-state index in [4.69, 9.17) is 0 Å². The predicted molar refractivity (Wildman–Crippen MR) is 122 cm³/mol. The number of nitrogens with zero attached hydrogens (tertiary/aromatic N) is 3. The van der Waals surface area contributed by atoms with Crippen molar-refractivity contribution in [1.82, 2.24) is 14.3 Å². The zero-order chi connectivity index (χ0) is 22.1. The molecule has 0 aliphatic carbocycles. The zero-order valence-electron chi connectivity index (χ0n) is 17.3. The molecule has 0 radical (unpaired) electrons. The lowest BCUT2D eigenvalue weighted by Crippen LogP contribution is -2.23. The monoisotopic (exact) mass is 462 g/mol. The second-order valence-corrected chi connectivity index (χ2v) is 10.6. The van der Waals surface area contributed by atoms with Crippen LogP contribution in [0.4, 0.5) is 5.69 Å². The first-order chi connectivity index (χ1) is 14.1. The largest absolute Gasteiger partial charge is 0.322 e. The number of benzene rings is 1. The average molecular weight is 463 g/mol. The fourth-order valence-corrected chi connectivity index (χ4v) is 4.97. The van der Waals surface area contributed by atoms with Gasteiger partial charge < -0.3 is 5.32 Å². The molecule has 2 aromatic heterocycles. The van der Waals surface area contributed by atoms with Gasteiger partial charge >= 0.3 is 0 Å². The molecule has 0 spiro atoms. The Labute approximate surface area is 184 Å². The predicted octanol–water partition coefficient (Wildman–Crippen LogP) is 4.05.